The molecule has 1 aliphatic rings. The smallest absolute Gasteiger partial charge is 0.270 e. The highest BCUT2D eigenvalue weighted by Gasteiger charge is 2.24. The Balaban J connectivity index is 2.27. The molecule has 1 heterocycles. The molecule has 6 nitrogen and oxygen atoms in total. The van der Waals surface area contributed by atoms with E-state index < -0.39 is 4.92 Å². The van der Waals surface area contributed by atoms with Gasteiger partial charge in [0, 0.05) is 43.4 Å². The van der Waals surface area contributed by atoms with Crippen molar-refractivity contribution in [2.45, 2.75) is 19.9 Å². The van der Waals surface area contributed by atoms with Gasteiger partial charge in [-0.25, -0.2) is 0 Å². The Labute approximate surface area is 111 Å². The van der Waals surface area contributed by atoms with Crippen LogP contribution in [-0.2, 0) is 0 Å². The summed E-state index contributed by atoms with van der Waals surface area (Å²) >= 11 is 0. The molecule has 1 aromatic rings. The number of nitrogens with one attached hydrogen (secondary N) is 1. The van der Waals surface area contributed by atoms with Gasteiger partial charge < -0.3 is 10.2 Å². The van der Waals surface area contributed by atoms with Crippen molar-refractivity contribution in [2.24, 2.45) is 0 Å². The largest absolute Gasteiger partial charge is 0.336 e. The molecule has 19 heavy (non-hydrogen) atoms. The number of hydrogen-bond acceptors (Lipinski definition) is 4. The average molecular weight is 263 g/mol. The maximum atomic E-state index is 12.4. The van der Waals surface area contributed by atoms with E-state index in [0.717, 1.165) is 12.1 Å². The van der Waals surface area contributed by atoms with Gasteiger partial charge in [0.15, 0.2) is 0 Å². The molecule has 1 saturated heterocycles. The van der Waals surface area contributed by atoms with E-state index in [-0.39, 0.29) is 17.6 Å². The summed E-state index contributed by atoms with van der Waals surface area (Å²) in [6.45, 7) is 5.81. The predicted octanol–water partition coefficient (Wildman–Crippen LogP) is 1.34. The Bertz CT molecular complexity index is 516. The number of nitrogens with zero attached hydrogens (tertiary/aromatic N) is 2. The molecule has 6 heteroatoms. The lowest BCUT2D eigenvalue weighted by Crippen LogP contribution is -2.51. The van der Waals surface area contributed by atoms with Gasteiger partial charge in [0.25, 0.3) is 11.6 Å². The average Bonchev–Trinajstić information content (AvgIpc) is 2.38. The van der Waals surface area contributed by atoms with Crippen LogP contribution in [0.5, 0.6) is 0 Å². The van der Waals surface area contributed by atoms with Gasteiger partial charge in [-0.1, -0.05) is 6.07 Å². The van der Waals surface area contributed by atoms with Gasteiger partial charge in [0.05, 0.1) is 4.92 Å². The van der Waals surface area contributed by atoms with Crippen molar-refractivity contribution in [3.05, 3.63) is 39.4 Å². The van der Waals surface area contributed by atoms with Crippen LogP contribution in [0.1, 0.15) is 22.8 Å². The Hall–Kier alpha value is -1.95. The monoisotopic (exact) mass is 263 g/mol. The van der Waals surface area contributed by atoms with Crippen LogP contribution in [0.2, 0.25) is 0 Å². The normalized spacial score (nSPS) is 19.3. The summed E-state index contributed by atoms with van der Waals surface area (Å²) in [5, 5.41) is 14.0. The first-order valence-electron chi connectivity index (χ1n) is 6.26. The number of carbonyl (C=O) groups is 1. The maximum absolute atomic E-state index is 12.4. The lowest BCUT2D eigenvalue weighted by Gasteiger charge is -2.32. The van der Waals surface area contributed by atoms with Crippen molar-refractivity contribution < 1.29 is 9.72 Å². The van der Waals surface area contributed by atoms with Gasteiger partial charge in [0.1, 0.15) is 0 Å². The van der Waals surface area contributed by atoms with Crippen LogP contribution in [-0.4, -0.2) is 41.4 Å². The minimum Gasteiger partial charge on any atom is -0.336 e. The van der Waals surface area contributed by atoms with E-state index in [0.29, 0.717) is 18.7 Å². The second kappa shape index (κ2) is 5.36. The topological polar surface area (TPSA) is 75.5 Å². The molecule has 102 valence electrons. The third-order valence-electron chi connectivity index (χ3n) is 3.32. The van der Waals surface area contributed by atoms with E-state index in [9.17, 15) is 14.9 Å². The Morgan fingerprint density at radius 2 is 2.26 bits per heavy atom. The Morgan fingerprint density at radius 3 is 2.89 bits per heavy atom. The van der Waals surface area contributed by atoms with Crippen LogP contribution in [0.15, 0.2) is 18.2 Å². The van der Waals surface area contributed by atoms with E-state index in [4.69, 9.17) is 0 Å². The molecular formula is C13H17N3O3. The SMILES string of the molecule is Cc1ccc([N+](=O)[O-])cc1C(=O)N1CCNC(C)C1. The van der Waals surface area contributed by atoms with Crippen molar-refractivity contribution in [2.75, 3.05) is 19.6 Å². The lowest BCUT2D eigenvalue weighted by atomic mass is 10.1. The lowest BCUT2D eigenvalue weighted by molar-refractivity contribution is -0.384. The number of non-ortho nitro benzene ring substituents is 1. The van der Waals surface area contributed by atoms with E-state index in [1.807, 2.05) is 6.92 Å². The highest BCUT2D eigenvalue weighted by molar-refractivity contribution is 5.96. The molecule has 2 rings (SSSR count). The predicted molar refractivity (Wildman–Crippen MR) is 71.2 cm³/mol. The zero-order valence-electron chi connectivity index (χ0n) is 11.0. The summed E-state index contributed by atoms with van der Waals surface area (Å²) in [6, 6.07) is 4.66. The zero-order valence-corrected chi connectivity index (χ0v) is 11.0. The molecule has 0 radical (unpaired) electrons. The van der Waals surface area contributed by atoms with Crippen LogP contribution in [0, 0.1) is 17.0 Å². The van der Waals surface area contributed by atoms with Gasteiger partial charge >= 0.3 is 0 Å². The van der Waals surface area contributed by atoms with Crippen molar-refractivity contribution >= 4 is 11.6 Å². The molecule has 1 aromatic carbocycles. The third kappa shape index (κ3) is 2.90. The molecular weight excluding hydrogens is 246 g/mol. The molecule has 1 amide bonds. The van der Waals surface area contributed by atoms with Gasteiger partial charge in [-0.2, -0.15) is 0 Å². The number of aryl methyl sites for hydroxylation is 1. The molecule has 0 bridgehead atoms. The van der Waals surface area contributed by atoms with E-state index in [1.54, 1.807) is 17.9 Å². The number of carbonyl (C=O) groups excluding carboxylic acids is 1. The highest BCUT2D eigenvalue weighted by Crippen LogP contribution is 2.19. The Kier molecular flexibility index (Phi) is 3.80. The van der Waals surface area contributed by atoms with E-state index in [2.05, 4.69) is 5.32 Å². The number of hydrogen-bond donors (Lipinski definition) is 1. The number of nitro benzene ring substituents is 1. The summed E-state index contributed by atoms with van der Waals surface area (Å²) in [6.07, 6.45) is 0. The molecule has 0 aliphatic carbocycles. The van der Waals surface area contributed by atoms with Gasteiger partial charge in [-0.05, 0) is 19.4 Å². The van der Waals surface area contributed by atoms with Gasteiger partial charge in [-0.15, -0.1) is 0 Å². The quantitative estimate of drug-likeness (QED) is 0.645. The molecule has 0 spiro atoms. The second-order valence-corrected chi connectivity index (χ2v) is 4.86. The number of nitro groups is 1. The summed E-state index contributed by atoms with van der Waals surface area (Å²) < 4.78 is 0. The number of benzene rings is 1. The number of rotatable bonds is 2. The minimum atomic E-state index is -0.476. The minimum absolute atomic E-state index is 0.0443. The van der Waals surface area contributed by atoms with E-state index in [1.165, 1.54) is 12.1 Å². The third-order valence-corrected chi connectivity index (χ3v) is 3.32. The molecule has 1 atom stereocenters. The molecule has 1 N–H and O–H groups in total. The van der Waals surface area contributed by atoms with Crippen LogP contribution in [0.3, 0.4) is 0 Å². The summed E-state index contributed by atoms with van der Waals surface area (Å²) in [4.78, 5) is 24.5. The van der Waals surface area contributed by atoms with Crippen molar-refractivity contribution in [3.8, 4) is 0 Å². The zero-order chi connectivity index (χ0) is 14.0. The highest BCUT2D eigenvalue weighted by atomic mass is 16.6. The fourth-order valence-corrected chi connectivity index (χ4v) is 2.24. The van der Waals surface area contributed by atoms with Crippen LogP contribution in [0.25, 0.3) is 0 Å². The second-order valence-electron chi connectivity index (χ2n) is 4.86. The van der Waals surface area contributed by atoms with Crippen molar-refractivity contribution in [1.82, 2.24) is 10.2 Å². The van der Waals surface area contributed by atoms with Gasteiger partial charge in [-0.3, -0.25) is 14.9 Å². The van der Waals surface area contributed by atoms with Crippen LogP contribution < -0.4 is 5.32 Å². The van der Waals surface area contributed by atoms with Crippen LogP contribution in [0.4, 0.5) is 5.69 Å². The summed E-state index contributed by atoms with van der Waals surface area (Å²) in [5.74, 6) is -0.130. The molecule has 0 aromatic heterocycles. The number of piperazine rings is 1. The molecule has 1 fully saturated rings. The summed E-state index contributed by atoms with van der Waals surface area (Å²) in [7, 11) is 0. The van der Waals surface area contributed by atoms with Crippen molar-refractivity contribution in [1.29, 1.82) is 0 Å². The maximum Gasteiger partial charge on any atom is 0.270 e. The fraction of sp³-hybridized carbons (Fsp3) is 0.462. The van der Waals surface area contributed by atoms with E-state index >= 15 is 0 Å². The first kappa shape index (κ1) is 13.5. The van der Waals surface area contributed by atoms with Crippen molar-refractivity contribution in [3.63, 3.8) is 0 Å². The van der Waals surface area contributed by atoms with Gasteiger partial charge in [0.2, 0.25) is 0 Å². The Morgan fingerprint density at radius 1 is 1.53 bits per heavy atom. The summed E-state index contributed by atoms with van der Waals surface area (Å²) in [5.41, 5.74) is 1.14. The standard InChI is InChI=1S/C13H17N3O3/c1-9-3-4-11(16(18)19)7-12(9)13(17)15-6-5-14-10(2)8-15/h3-4,7,10,14H,5-6,8H2,1-2H3. The first-order chi connectivity index (χ1) is 8.99. The van der Waals surface area contributed by atoms with Crippen LogP contribution >= 0.6 is 0 Å². The first-order valence-corrected chi connectivity index (χ1v) is 6.26. The fourth-order valence-electron chi connectivity index (χ4n) is 2.24. The molecule has 1 unspecified atom stereocenters. The molecule has 1 aliphatic heterocycles. The molecule has 0 saturated carbocycles. The number of amides is 1.